The molecule has 1 fully saturated rings. The number of anilines is 1. The Morgan fingerprint density at radius 2 is 2.18 bits per heavy atom. The first-order valence-corrected chi connectivity index (χ1v) is 7.44. The van der Waals surface area contributed by atoms with Crippen LogP contribution in [0.1, 0.15) is 12.8 Å². The molecule has 3 atom stereocenters. The van der Waals surface area contributed by atoms with Gasteiger partial charge in [0.2, 0.25) is 5.88 Å². The van der Waals surface area contributed by atoms with Crippen LogP contribution >= 0.6 is 0 Å². The highest BCUT2D eigenvalue weighted by molar-refractivity contribution is 6.39. The fourth-order valence-electron chi connectivity index (χ4n) is 3.26. The minimum absolute atomic E-state index is 0.280. The number of rotatable bonds is 4. The molecule has 116 valence electrons. The van der Waals surface area contributed by atoms with Crippen LogP contribution in [0.4, 0.5) is 5.69 Å². The minimum Gasteiger partial charge on any atom is -0.480 e. The molecular formula is C16H19N3O3. The van der Waals surface area contributed by atoms with Gasteiger partial charge in [-0.25, -0.2) is 4.98 Å². The van der Waals surface area contributed by atoms with E-state index >= 15 is 0 Å². The Morgan fingerprint density at radius 1 is 1.32 bits per heavy atom. The van der Waals surface area contributed by atoms with Crippen molar-refractivity contribution in [3.63, 3.8) is 0 Å². The van der Waals surface area contributed by atoms with E-state index in [-0.39, 0.29) is 5.88 Å². The molecule has 2 aliphatic rings. The van der Waals surface area contributed by atoms with E-state index in [1.807, 2.05) is 0 Å². The van der Waals surface area contributed by atoms with Crippen LogP contribution in [-0.4, -0.2) is 30.5 Å². The van der Waals surface area contributed by atoms with E-state index in [1.165, 1.54) is 13.5 Å². The third kappa shape index (κ3) is 2.95. The summed E-state index contributed by atoms with van der Waals surface area (Å²) in [6.07, 6.45) is 8.31. The van der Waals surface area contributed by atoms with Gasteiger partial charge in [0.1, 0.15) is 5.69 Å². The Labute approximate surface area is 129 Å². The number of aromatic nitrogens is 1. The third-order valence-corrected chi connectivity index (χ3v) is 4.36. The summed E-state index contributed by atoms with van der Waals surface area (Å²) in [4.78, 5) is 27.8. The fourth-order valence-corrected chi connectivity index (χ4v) is 3.26. The number of ether oxygens (including phenoxy) is 1. The molecule has 0 radical (unpaired) electrons. The van der Waals surface area contributed by atoms with Crippen molar-refractivity contribution < 1.29 is 14.3 Å². The van der Waals surface area contributed by atoms with Gasteiger partial charge in [0.15, 0.2) is 0 Å². The second-order valence-electron chi connectivity index (χ2n) is 5.76. The lowest BCUT2D eigenvalue weighted by Crippen LogP contribution is -2.38. The van der Waals surface area contributed by atoms with Crippen molar-refractivity contribution in [1.82, 2.24) is 10.3 Å². The summed E-state index contributed by atoms with van der Waals surface area (Å²) in [7, 11) is 1.46. The molecule has 0 spiro atoms. The Balaban J connectivity index is 1.52. The normalized spacial score (nSPS) is 25.0. The number of nitrogens with zero attached hydrogens (tertiary/aromatic N) is 1. The predicted molar refractivity (Wildman–Crippen MR) is 81.3 cm³/mol. The summed E-state index contributed by atoms with van der Waals surface area (Å²) in [6, 6.07) is 3.30. The molecule has 3 rings (SSSR count). The number of hydrogen-bond donors (Lipinski definition) is 2. The Morgan fingerprint density at radius 3 is 2.86 bits per heavy atom. The van der Waals surface area contributed by atoms with Crippen LogP contribution in [0.3, 0.4) is 0 Å². The van der Waals surface area contributed by atoms with E-state index in [2.05, 4.69) is 27.8 Å². The summed E-state index contributed by atoms with van der Waals surface area (Å²) in [5.74, 6) is 0.594. The Hall–Kier alpha value is -2.37. The van der Waals surface area contributed by atoms with Crippen molar-refractivity contribution in [3.8, 4) is 5.88 Å². The van der Waals surface area contributed by atoms with Gasteiger partial charge >= 0.3 is 11.8 Å². The van der Waals surface area contributed by atoms with E-state index in [1.54, 1.807) is 18.3 Å². The molecule has 2 bridgehead atoms. The van der Waals surface area contributed by atoms with Crippen molar-refractivity contribution in [2.75, 3.05) is 19.0 Å². The van der Waals surface area contributed by atoms with E-state index < -0.39 is 11.8 Å². The molecule has 1 aromatic heterocycles. The number of allylic oxidation sites excluding steroid dienone is 2. The van der Waals surface area contributed by atoms with Gasteiger partial charge in [0.05, 0.1) is 7.11 Å². The van der Waals surface area contributed by atoms with E-state index in [9.17, 15) is 9.59 Å². The molecular weight excluding hydrogens is 282 g/mol. The first-order chi connectivity index (χ1) is 10.7. The highest BCUT2D eigenvalue weighted by atomic mass is 16.5. The summed E-state index contributed by atoms with van der Waals surface area (Å²) < 4.78 is 5.04. The Bertz CT molecular complexity index is 614. The summed E-state index contributed by atoms with van der Waals surface area (Å²) in [5.41, 5.74) is 0.382. The molecule has 2 aliphatic carbocycles. The van der Waals surface area contributed by atoms with Gasteiger partial charge < -0.3 is 15.4 Å². The monoisotopic (exact) mass is 301 g/mol. The molecule has 1 aromatic rings. The van der Waals surface area contributed by atoms with Crippen molar-refractivity contribution >= 4 is 17.5 Å². The van der Waals surface area contributed by atoms with Gasteiger partial charge in [-0.2, -0.15) is 0 Å². The first-order valence-electron chi connectivity index (χ1n) is 7.44. The molecule has 1 heterocycles. The average molecular weight is 301 g/mol. The van der Waals surface area contributed by atoms with Crippen molar-refractivity contribution in [2.24, 2.45) is 17.8 Å². The number of nitrogens with one attached hydrogen (secondary N) is 2. The lowest BCUT2D eigenvalue weighted by Gasteiger charge is -2.18. The minimum atomic E-state index is -0.704. The standard InChI is InChI=1S/C16H19N3O3/c1-22-16-13(3-2-6-17-16)19-15(21)14(20)18-9-12-8-10-4-5-11(12)7-10/h2-6,10-12H,7-9H2,1H3,(H,18,20)(H,19,21)/t10-,11+,12+/m1/s1. The van der Waals surface area contributed by atoms with Crippen LogP contribution in [-0.2, 0) is 9.59 Å². The fraction of sp³-hybridized carbons (Fsp3) is 0.438. The zero-order chi connectivity index (χ0) is 15.5. The number of carbonyl (C=O) groups excluding carboxylic acids is 2. The maximum Gasteiger partial charge on any atom is 0.313 e. The van der Waals surface area contributed by atoms with Gasteiger partial charge in [0.25, 0.3) is 0 Å². The molecule has 22 heavy (non-hydrogen) atoms. The molecule has 0 aromatic carbocycles. The highest BCUT2D eigenvalue weighted by Gasteiger charge is 2.35. The summed E-state index contributed by atoms with van der Waals surface area (Å²) >= 11 is 0. The van der Waals surface area contributed by atoms with Crippen LogP contribution in [0.5, 0.6) is 5.88 Å². The zero-order valence-electron chi connectivity index (χ0n) is 12.4. The number of hydrogen-bond acceptors (Lipinski definition) is 4. The van der Waals surface area contributed by atoms with Gasteiger partial charge in [-0.1, -0.05) is 12.2 Å². The van der Waals surface area contributed by atoms with Crippen LogP contribution in [0.2, 0.25) is 0 Å². The smallest absolute Gasteiger partial charge is 0.313 e. The number of pyridine rings is 1. The number of amides is 2. The van der Waals surface area contributed by atoms with E-state index in [0.717, 1.165) is 6.42 Å². The number of fused-ring (bicyclic) bond motifs is 2. The second-order valence-corrected chi connectivity index (χ2v) is 5.76. The Kier molecular flexibility index (Phi) is 4.09. The van der Waals surface area contributed by atoms with Gasteiger partial charge in [-0.15, -0.1) is 0 Å². The molecule has 0 saturated heterocycles. The zero-order valence-corrected chi connectivity index (χ0v) is 12.4. The first kappa shape index (κ1) is 14.6. The molecule has 6 nitrogen and oxygen atoms in total. The average Bonchev–Trinajstić information content (AvgIpc) is 3.15. The summed E-state index contributed by atoms with van der Waals surface area (Å²) in [5, 5.41) is 5.24. The maximum absolute atomic E-state index is 11.9. The third-order valence-electron chi connectivity index (χ3n) is 4.36. The van der Waals surface area contributed by atoms with Gasteiger partial charge in [0, 0.05) is 12.7 Å². The number of methoxy groups -OCH3 is 1. The molecule has 6 heteroatoms. The van der Waals surface area contributed by atoms with Gasteiger partial charge in [-0.05, 0) is 42.7 Å². The van der Waals surface area contributed by atoms with Crippen molar-refractivity contribution in [2.45, 2.75) is 12.8 Å². The summed E-state index contributed by atoms with van der Waals surface area (Å²) in [6.45, 7) is 0.544. The topological polar surface area (TPSA) is 80.3 Å². The number of carbonyl (C=O) groups is 2. The van der Waals surface area contributed by atoms with Crippen LogP contribution in [0.15, 0.2) is 30.5 Å². The quantitative estimate of drug-likeness (QED) is 0.650. The molecule has 0 aliphatic heterocycles. The van der Waals surface area contributed by atoms with E-state index in [0.29, 0.717) is 30.0 Å². The molecule has 2 N–H and O–H groups in total. The lowest BCUT2D eigenvalue weighted by molar-refractivity contribution is -0.136. The largest absolute Gasteiger partial charge is 0.480 e. The SMILES string of the molecule is COc1ncccc1NC(=O)C(=O)NC[C@@H]1C[C@@H]2C=C[C@H]1C2. The van der Waals surface area contributed by atoms with E-state index in [4.69, 9.17) is 4.74 Å². The van der Waals surface area contributed by atoms with Gasteiger partial charge in [-0.3, -0.25) is 9.59 Å². The van der Waals surface area contributed by atoms with Crippen LogP contribution in [0, 0.1) is 17.8 Å². The second kappa shape index (κ2) is 6.17. The van der Waals surface area contributed by atoms with Crippen LogP contribution < -0.4 is 15.4 Å². The molecule has 0 unspecified atom stereocenters. The predicted octanol–water partition coefficient (Wildman–Crippen LogP) is 1.36. The maximum atomic E-state index is 11.9. The highest BCUT2D eigenvalue weighted by Crippen LogP contribution is 2.42. The van der Waals surface area contributed by atoms with Crippen molar-refractivity contribution in [3.05, 3.63) is 30.5 Å². The van der Waals surface area contributed by atoms with Crippen LogP contribution in [0.25, 0.3) is 0 Å². The molecule has 1 saturated carbocycles. The lowest BCUT2D eigenvalue weighted by atomic mass is 9.94. The van der Waals surface area contributed by atoms with Crippen molar-refractivity contribution in [1.29, 1.82) is 0 Å². The molecule has 2 amide bonds.